The highest BCUT2D eigenvalue weighted by Crippen LogP contribution is 2.08. The molecule has 0 radical (unpaired) electrons. The normalized spacial score (nSPS) is 10.4. The molecule has 0 aliphatic carbocycles. The standard InChI is InChI=1S/C14H17N3O2/c1-10-4-3-5-12(6-10)16-14(18)9-15-8-13-7-11(2)19-17-13/h3-7,15H,8-9H2,1-2H3,(H,16,18). The highest BCUT2D eigenvalue weighted by molar-refractivity contribution is 5.92. The molecule has 2 N–H and O–H groups in total. The lowest BCUT2D eigenvalue weighted by atomic mass is 10.2. The van der Waals surface area contributed by atoms with E-state index in [4.69, 9.17) is 4.52 Å². The van der Waals surface area contributed by atoms with Gasteiger partial charge in [0.15, 0.2) is 0 Å². The van der Waals surface area contributed by atoms with Crippen LogP contribution in [-0.4, -0.2) is 17.6 Å². The number of carbonyl (C=O) groups excluding carboxylic acids is 1. The zero-order valence-electron chi connectivity index (χ0n) is 11.1. The molecule has 0 saturated carbocycles. The van der Waals surface area contributed by atoms with Gasteiger partial charge < -0.3 is 15.2 Å². The van der Waals surface area contributed by atoms with Crippen LogP contribution in [0.3, 0.4) is 0 Å². The first-order chi connectivity index (χ1) is 9.13. The van der Waals surface area contributed by atoms with E-state index in [1.807, 2.05) is 44.2 Å². The number of rotatable bonds is 5. The molecule has 0 spiro atoms. The Balaban J connectivity index is 1.76. The Hall–Kier alpha value is -2.14. The second-order valence-electron chi connectivity index (χ2n) is 4.45. The molecule has 1 aromatic heterocycles. The summed E-state index contributed by atoms with van der Waals surface area (Å²) < 4.78 is 4.94. The first-order valence-electron chi connectivity index (χ1n) is 6.13. The Morgan fingerprint density at radius 1 is 1.32 bits per heavy atom. The maximum absolute atomic E-state index is 11.7. The van der Waals surface area contributed by atoms with Crippen LogP contribution in [0.15, 0.2) is 34.9 Å². The van der Waals surface area contributed by atoms with Gasteiger partial charge in [-0.1, -0.05) is 17.3 Å². The Labute approximate surface area is 112 Å². The van der Waals surface area contributed by atoms with Crippen molar-refractivity contribution in [1.29, 1.82) is 0 Å². The second-order valence-corrected chi connectivity index (χ2v) is 4.45. The third kappa shape index (κ3) is 4.22. The number of amides is 1. The fourth-order valence-corrected chi connectivity index (χ4v) is 1.73. The van der Waals surface area contributed by atoms with Crippen molar-refractivity contribution < 1.29 is 9.32 Å². The van der Waals surface area contributed by atoms with Crippen molar-refractivity contribution in [2.24, 2.45) is 0 Å². The van der Waals surface area contributed by atoms with Crippen molar-refractivity contribution in [3.63, 3.8) is 0 Å². The number of aromatic nitrogens is 1. The van der Waals surface area contributed by atoms with Gasteiger partial charge in [0, 0.05) is 18.3 Å². The Bertz CT molecular complexity index is 563. The van der Waals surface area contributed by atoms with E-state index in [0.29, 0.717) is 6.54 Å². The Kier molecular flexibility index (Phi) is 4.30. The number of anilines is 1. The van der Waals surface area contributed by atoms with Gasteiger partial charge in [-0.05, 0) is 31.5 Å². The smallest absolute Gasteiger partial charge is 0.238 e. The summed E-state index contributed by atoms with van der Waals surface area (Å²) in [6.45, 7) is 4.57. The van der Waals surface area contributed by atoms with Gasteiger partial charge >= 0.3 is 0 Å². The minimum Gasteiger partial charge on any atom is -0.361 e. The van der Waals surface area contributed by atoms with Crippen LogP contribution in [-0.2, 0) is 11.3 Å². The van der Waals surface area contributed by atoms with Crippen molar-refractivity contribution in [2.45, 2.75) is 20.4 Å². The van der Waals surface area contributed by atoms with Crippen LogP contribution in [0.4, 0.5) is 5.69 Å². The summed E-state index contributed by atoms with van der Waals surface area (Å²) in [6.07, 6.45) is 0. The van der Waals surface area contributed by atoms with E-state index in [1.54, 1.807) is 0 Å². The molecule has 2 aromatic rings. The highest BCUT2D eigenvalue weighted by Gasteiger charge is 2.04. The lowest BCUT2D eigenvalue weighted by molar-refractivity contribution is -0.115. The largest absolute Gasteiger partial charge is 0.361 e. The molecule has 19 heavy (non-hydrogen) atoms. The Morgan fingerprint density at radius 3 is 2.84 bits per heavy atom. The summed E-state index contributed by atoms with van der Waals surface area (Å²) in [5.74, 6) is 0.687. The molecular formula is C14H17N3O2. The van der Waals surface area contributed by atoms with Gasteiger partial charge in [-0.2, -0.15) is 0 Å². The molecule has 5 nitrogen and oxygen atoms in total. The lowest BCUT2D eigenvalue weighted by Gasteiger charge is -2.06. The van der Waals surface area contributed by atoms with Gasteiger partial charge in [-0.25, -0.2) is 0 Å². The van der Waals surface area contributed by atoms with Gasteiger partial charge in [-0.3, -0.25) is 4.79 Å². The highest BCUT2D eigenvalue weighted by atomic mass is 16.5. The molecule has 0 bridgehead atoms. The van der Waals surface area contributed by atoms with Crippen LogP contribution in [0.1, 0.15) is 17.0 Å². The van der Waals surface area contributed by atoms with Crippen LogP contribution in [0.5, 0.6) is 0 Å². The van der Waals surface area contributed by atoms with Gasteiger partial charge in [0.2, 0.25) is 5.91 Å². The van der Waals surface area contributed by atoms with E-state index in [-0.39, 0.29) is 12.5 Å². The first kappa shape index (κ1) is 13.3. The Morgan fingerprint density at radius 2 is 2.16 bits per heavy atom. The molecule has 0 aliphatic heterocycles. The molecule has 0 saturated heterocycles. The molecule has 1 amide bonds. The van der Waals surface area contributed by atoms with Crippen LogP contribution >= 0.6 is 0 Å². The van der Waals surface area contributed by atoms with Crippen LogP contribution in [0.2, 0.25) is 0 Å². The topological polar surface area (TPSA) is 67.2 Å². The zero-order valence-corrected chi connectivity index (χ0v) is 11.1. The minimum atomic E-state index is -0.0779. The third-order valence-corrected chi connectivity index (χ3v) is 2.57. The van der Waals surface area contributed by atoms with Crippen molar-refractivity contribution in [1.82, 2.24) is 10.5 Å². The summed E-state index contributed by atoms with van der Waals surface area (Å²) in [4.78, 5) is 11.7. The molecule has 1 aromatic carbocycles. The SMILES string of the molecule is Cc1cccc(NC(=O)CNCc2cc(C)on2)c1. The number of carbonyl (C=O) groups is 1. The zero-order chi connectivity index (χ0) is 13.7. The van der Waals surface area contributed by atoms with E-state index >= 15 is 0 Å². The van der Waals surface area contributed by atoms with Gasteiger partial charge in [0.05, 0.1) is 12.2 Å². The average molecular weight is 259 g/mol. The van der Waals surface area contributed by atoms with Gasteiger partial charge in [-0.15, -0.1) is 0 Å². The molecule has 0 aliphatic rings. The summed E-state index contributed by atoms with van der Waals surface area (Å²) in [6, 6.07) is 9.54. The summed E-state index contributed by atoms with van der Waals surface area (Å²) in [5.41, 5.74) is 2.72. The van der Waals surface area contributed by atoms with Crippen LogP contribution < -0.4 is 10.6 Å². The van der Waals surface area contributed by atoms with E-state index in [9.17, 15) is 4.79 Å². The van der Waals surface area contributed by atoms with E-state index in [2.05, 4.69) is 15.8 Å². The second kappa shape index (κ2) is 6.15. The fraction of sp³-hybridized carbons (Fsp3) is 0.286. The number of nitrogens with zero attached hydrogens (tertiary/aromatic N) is 1. The van der Waals surface area contributed by atoms with Crippen molar-refractivity contribution in [3.05, 3.63) is 47.3 Å². The fourth-order valence-electron chi connectivity index (χ4n) is 1.73. The molecular weight excluding hydrogens is 242 g/mol. The molecule has 0 fully saturated rings. The summed E-state index contributed by atoms with van der Waals surface area (Å²) in [7, 11) is 0. The third-order valence-electron chi connectivity index (χ3n) is 2.57. The quantitative estimate of drug-likeness (QED) is 0.862. The van der Waals surface area contributed by atoms with Gasteiger partial charge in [0.25, 0.3) is 0 Å². The summed E-state index contributed by atoms with van der Waals surface area (Å²) in [5, 5.41) is 9.68. The van der Waals surface area contributed by atoms with Crippen molar-refractivity contribution in [3.8, 4) is 0 Å². The van der Waals surface area contributed by atoms with Gasteiger partial charge in [0.1, 0.15) is 5.76 Å². The van der Waals surface area contributed by atoms with Crippen LogP contribution in [0.25, 0.3) is 0 Å². The maximum atomic E-state index is 11.7. The monoisotopic (exact) mass is 259 g/mol. The maximum Gasteiger partial charge on any atom is 0.238 e. The number of hydrogen-bond acceptors (Lipinski definition) is 4. The predicted octanol–water partition coefficient (Wildman–Crippen LogP) is 2.02. The molecule has 100 valence electrons. The van der Waals surface area contributed by atoms with Crippen molar-refractivity contribution in [2.75, 3.05) is 11.9 Å². The lowest BCUT2D eigenvalue weighted by Crippen LogP contribution is -2.27. The number of benzene rings is 1. The molecule has 0 atom stereocenters. The number of aryl methyl sites for hydroxylation is 2. The first-order valence-corrected chi connectivity index (χ1v) is 6.13. The molecule has 1 heterocycles. The number of nitrogens with one attached hydrogen (secondary N) is 2. The van der Waals surface area contributed by atoms with E-state index in [1.165, 1.54) is 0 Å². The summed E-state index contributed by atoms with van der Waals surface area (Å²) >= 11 is 0. The molecule has 2 rings (SSSR count). The minimum absolute atomic E-state index is 0.0779. The molecule has 0 unspecified atom stereocenters. The van der Waals surface area contributed by atoms with Crippen LogP contribution in [0, 0.1) is 13.8 Å². The van der Waals surface area contributed by atoms with Crippen molar-refractivity contribution >= 4 is 11.6 Å². The van der Waals surface area contributed by atoms with E-state index < -0.39 is 0 Å². The number of hydrogen-bond donors (Lipinski definition) is 2. The predicted molar refractivity (Wildman–Crippen MR) is 72.8 cm³/mol. The van der Waals surface area contributed by atoms with E-state index in [0.717, 1.165) is 22.7 Å². The molecule has 5 heteroatoms. The average Bonchev–Trinajstić information content (AvgIpc) is 2.75.